The van der Waals surface area contributed by atoms with Crippen molar-refractivity contribution in [2.24, 2.45) is 0 Å². The van der Waals surface area contributed by atoms with Crippen LogP contribution in [-0.4, -0.2) is 47.4 Å². The van der Waals surface area contributed by atoms with E-state index in [0.29, 0.717) is 42.2 Å². The topological polar surface area (TPSA) is 59.8 Å². The Hall–Kier alpha value is -1.83. The number of morpholine rings is 1. The van der Waals surface area contributed by atoms with E-state index < -0.39 is 0 Å². The van der Waals surface area contributed by atoms with E-state index in [1.165, 1.54) is 0 Å². The Morgan fingerprint density at radius 1 is 1.50 bits per heavy atom. The monoisotopic (exact) mass is 367 g/mol. The van der Waals surface area contributed by atoms with Crippen molar-refractivity contribution in [3.05, 3.63) is 47.6 Å². The van der Waals surface area contributed by atoms with Crippen LogP contribution in [0, 0.1) is 0 Å². The van der Waals surface area contributed by atoms with Crippen molar-refractivity contribution < 1.29 is 13.9 Å². The molecule has 3 heterocycles. The lowest BCUT2D eigenvalue weighted by atomic mass is 10.3. The summed E-state index contributed by atoms with van der Waals surface area (Å²) in [6.45, 7) is 3.00. The van der Waals surface area contributed by atoms with Crippen LogP contribution in [0.1, 0.15) is 5.76 Å². The largest absolute Gasteiger partial charge is 0.489 e. The first kappa shape index (κ1) is 17.0. The van der Waals surface area contributed by atoms with Crippen molar-refractivity contribution >= 4 is 28.9 Å². The summed E-state index contributed by atoms with van der Waals surface area (Å²) in [6.07, 6.45) is 4.77. The van der Waals surface area contributed by atoms with Crippen molar-refractivity contribution in [3.8, 4) is 5.75 Å². The Kier molecular flexibility index (Phi) is 5.90. The third-order valence-electron chi connectivity index (χ3n) is 3.54. The smallest absolute Gasteiger partial charge is 0.169 e. The molecule has 1 unspecified atom stereocenters. The van der Waals surface area contributed by atoms with Crippen LogP contribution in [0.15, 0.2) is 41.3 Å². The summed E-state index contributed by atoms with van der Waals surface area (Å²) in [5, 5.41) is 4.42. The lowest BCUT2D eigenvalue weighted by Crippen LogP contribution is -2.50. The van der Waals surface area contributed by atoms with Crippen LogP contribution in [0.25, 0.3) is 0 Å². The Bertz CT molecular complexity index is 668. The van der Waals surface area contributed by atoms with E-state index in [1.807, 2.05) is 12.1 Å². The summed E-state index contributed by atoms with van der Waals surface area (Å²) in [5.74, 6) is 1.47. The first-order valence-corrected chi connectivity index (χ1v) is 8.39. The second-order valence-electron chi connectivity index (χ2n) is 5.33. The van der Waals surface area contributed by atoms with Crippen molar-refractivity contribution in [2.45, 2.75) is 12.6 Å². The van der Waals surface area contributed by atoms with Gasteiger partial charge in [-0.1, -0.05) is 11.6 Å². The fourth-order valence-electron chi connectivity index (χ4n) is 2.35. The highest BCUT2D eigenvalue weighted by molar-refractivity contribution is 7.80. The highest BCUT2D eigenvalue weighted by Gasteiger charge is 2.23. The number of hydrogen-bond donors (Lipinski definition) is 1. The van der Waals surface area contributed by atoms with E-state index in [4.69, 9.17) is 37.7 Å². The molecule has 0 radical (unpaired) electrons. The molecule has 128 valence electrons. The van der Waals surface area contributed by atoms with Crippen molar-refractivity contribution in [2.75, 3.05) is 26.3 Å². The summed E-state index contributed by atoms with van der Waals surface area (Å²) in [4.78, 5) is 6.07. The Morgan fingerprint density at radius 3 is 3.21 bits per heavy atom. The number of nitrogens with one attached hydrogen (secondary N) is 1. The quantitative estimate of drug-likeness (QED) is 0.814. The van der Waals surface area contributed by atoms with Crippen LogP contribution in [0.4, 0.5) is 0 Å². The molecule has 2 aromatic heterocycles. The van der Waals surface area contributed by atoms with Crippen LogP contribution in [0.2, 0.25) is 5.02 Å². The highest BCUT2D eigenvalue weighted by Crippen LogP contribution is 2.16. The van der Waals surface area contributed by atoms with E-state index >= 15 is 0 Å². The number of rotatable bonds is 5. The molecular weight excluding hydrogens is 350 g/mol. The zero-order valence-corrected chi connectivity index (χ0v) is 14.6. The first-order chi connectivity index (χ1) is 11.7. The minimum atomic E-state index is -0.0684. The molecule has 1 aliphatic heterocycles. The average molecular weight is 368 g/mol. The predicted molar refractivity (Wildman–Crippen MR) is 94.2 cm³/mol. The van der Waals surface area contributed by atoms with Gasteiger partial charge in [0.05, 0.1) is 30.6 Å². The second kappa shape index (κ2) is 8.32. The molecule has 0 spiro atoms. The molecule has 1 aliphatic rings. The van der Waals surface area contributed by atoms with Gasteiger partial charge in [0.1, 0.15) is 24.2 Å². The summed E-state index contributed by atoms with van der Waals surface area (Å²) in [7, 11) is 0. The van der Waals surface area contributed by atoms with Gasteiger partial charge in [-0.3, -0.25) is 4.98 Å². The molecule has 24 heavy (non-hydrogen) atoms. The molecule has 0 bridgehead atoms. The normalized spacial score (nSPS) is 17.5. The van der Waals surface area contributed by atoms with Crippen LogP contribution in [0.3, 0.4) is 0 Å². The number of furan rings is 1. The van der Waals surface area contributed by atoms with E-state index in [0.717, 1.165) is 12.3 Å². The average Bonchev–Trinajstić information content (AvgIpc) is 3.12. The number of thiocarbonyl (C=S) groups is 1. The van der Waals surface area contributed by atoms with Gasteiger partial charge in [0, 0.05) is 25.4 Å². The maximum atomic E-state index is 5.89. The summed E-state index contributed by atoms with van der Waals surface area (Å²) in [5.41, 5.74) is 0. The molecule has 1 N–H and O–H groups in total. The number of aromatic nitrogens is 1. The predicted octanol–water partition coefficient (Wildman–Crippen LogP) is 2.48. The number of ether oxygens (including phenoxy) is 2. The van der Waals surface area contributed by atoms with Crippen molar-refractivity contribution in [3.63, 3.8) is 0 Å². The molecular formula is C16H18ClN3O3S. The number of hydrogen-bond acceptors (Lipinski definition) is 5. The summed E-state index contributed by atoms with van der Waals surface area (Å²) in [6, 6.07) is 5.49. The van der Waals surface area contributed by atoms with Gasteiger partial charge in [-0.05, 0) is 24.4 Å². The van der Waals surface area contributed by atoms with E-state index in [-0.39, 0.29) is 6.10 Å². The fourth-order valence-corrected chi connectivity index (χ4v) is 2.75. The molecule has 2 aromatic rings. The van der Waals surface area contributed by atoms with Crippen LogP contribution in [-0.2, 0) is 11.3 Å². The number of pyridine rings is 1. The third-order valence-corrected chi connectivity index (χ3v) is 4.14. The minimum absolute atomic E-state index is 0.0684. The molecule has 8 heteroatoms. The molecule has 0 saturated carbocycles. The maximum absolute atomic E-state index is 5.89. The molecule has 1 saturated heterocycles. The van der Waals surface area contributed by atoms with Gasteiger partial charge in [-0.25, -0.2) is 0 Å². The van der Waals surface area contributed by atoms with Crippen molar-refractivity contribution in [1.82, 2.24) is 15.2 Å². The molecule has 0 aromatic carbocycles. The zero-order chi connectivity index (χ0) is 16.8. The number of nitrogens with zero attached hydrogens (tertiary/aromatic N) is 2. The molecule has 1 atom stereocenters. The van der Waals surface area contributed by atoms with Gasteiger partial charge in [-0.2, -0.15) is 0 Å². The zero-order valence-electron chi connectivity index (χ0n) is 13.0. The number of halogens is 1. The SMILES string of the molecule is S=C(NCc1ccco1)N1CCOC(COc2cncc(Cl)c2)C1. The molecule has 1 fully saturated rings. The van der Waals surface area contributed by atoms with Gasteiger partial charge in [0.25, 0.3) is 0 Å². The first-order valence-electron chi connectivity index (χ1n) is 7.61. The maximum Gasteiger partial charge on any atom is 0.169 e. The van der Waals surface area contributed by atoms with E-state index in [2.05, 4.69) is 15.2 Å². The van der Waals surface area contributed by atoms with Crippen molar-refractivity contribution in [1.29, 1.82) is 0 Å². The molecule has 6 nitrogen and oxygen atoms in total. The van der Waals surface area contributed by atoms with E-state index in [9.17, 15) is 0 Å². The van der Waals surface area contributed by atoms with Crippen LogP contribution >= 0.6 is 23.8 Å². The van der Waals surface area contributed by atoms with Gasteiger partial charge in [0.2, 0.25) is 0 Å². The van der Waals surface area contributed by atoms with Gasteiger partial charge >= 0.3 is 0 Å². The second-order valence-corrected chi connectivity index (χ2v) is 6.15. The molecule has 0 amide bonds. The molecule has 3 rings (SSSR count). The lowest BCUT2D eigenvalue weighted by Gasteiger charge is -2.34. The minimum Gasteiger partial charge on any atom is -0.489 e. The Labute approximate surface area is 150 Å². The van der Waals surface area contributed by atoms with Gasteiger partial charge < -0.3 is 24.1 Å². The Morgan fingerprint density at radius 2 is 2.42 bits per heavy atom. The standard InChI is InChI=1S/C16H18ClN3O3S/c17-12-6-14(8-18-7-12)23-11-15-10-20(3-5-22-15)16(24)19-9-13-2-1-4-21-13/h1-2,4,6-8,15H,3,5,9-11H2,(H,19,24). The van der Waals surface area contributed by atoms with E-state index in [1.54, 1.807) is 24.7 Å². The van der Waals surface area contributed by atoms with Crippen LogP contribution < -0.4 is 10.1 Å². The summed E-state index contributed by atoms with van der Waals surface area (Å²) < 4.78 is 16.7. The fraction of sp³-hybridized carbons (Fsp3) is 0.375. The molecule has 0 aliphatic carbocycles. The Balaban J connectivity index is 1.46. The highest BCUT2D eigenvalue weighted by atomic mass is 35.5. The van der Waals surface area contributed by atoms with Gasteiger partial charge in [-0.15, -0.1) is 0 Å². The lowest BCUT2D eigenvalue weighted by molar-refractivity contribution is -0.0288. The third kappa shape index (κ3) is 4.83. The summed E-state index contributed by atoms with van der Waals surface area (Å²) >= 11 is 11.3. The van der Waals surface area contributed by atoms with Gasteiger partial charge in [0.15, 0.2) is 5.11 Å². The van der Waals surface area contributed by atoms with Crippen LogP contribution in [0.5, 0.6) is 5.75 Å².